The fourth-order valence-electron chi connectivity index (χ4n) is 3.04. The van der Waals surface area contributed by atoms with Crippen molar-refractivity contribution in [3.8, 4) is 0 Å². The molecule has 0 aromatic heterocycles. The second-order valence-corrected chi connectivity index (χ2v) is 7.89. The molecule has 0 atom stereocenters. The first-order valence-electron chi connectivity index (χ1n) is 9.20. The van der Waals surface area contributed by atoms with Gasteiger partial charge in [-0.3, -0.25) is 0 Å². The summed E-state index contributed by atoms with van der Waals surface area (Å²) in [4.78, 5) is 5.43. The van der Waals surface area contributed by atoms with Gasteiger partial charge in [0.1, 0.15) is 6.54 Å². The van der Waals surface area contributed by atoms with E-state index in [9.17, 15) is 0 Å². The summed E-state index contributed by atoms with van der Waals surface area (Å²) in [7, 11) is 4.33. The van der Waals surface area contributed by atoms with E-state index in [-0.39, 0.29) is 0 Å². The third-order valence-corrected chi connectivity index (χ3v) is 5.16. The van der Waals surface area contributed by atoms with Crippen molar-refractivity contribution in [1.82, 2.24) is 10.2 Å². The monoisotopic (exact) mass is 350 g/mol. The molecule has 2 rings (SSSR count). The number of thiocarbonyl (C=S) groups is 1. The molecule has 0 amide bonds. The SMILES string of the molecule is CC(C)c1ccc(C[NH+]2CCN(C(=S)NCC[NH+](C)C)CC2)cc1. The van der Waals surface area contributed by atoms with E-state index < -0.39 is 0 Å². The number of hydrogen-bond donors (Lipinski definition) is 3. The highest BCUT2D eigenvalue weighted by Gasteiger charge is 2.21. The molecule has 0 saturated carbocycles. The van der Waals surface area contributed by atoms with E-state index in [1.807, 2.05) is 0 Å². The van der Waals surface area contributed by atoms with Crippen LogP contribution in [-0.4, -0.2) is 63.4 Å². The minimum absolute atomic E-state index is 0.609. The predicted molar refractivity (Wildman–Crippen MR) is 105 cm³/mol. The number of rotatable bonds is 6. The van der Waals surface area contributed by atoms with Crippen molar-refractivity contribution in [2.75, 3.05) is 53.4 Å². The summed E-state index contributed by atoms with van der Waals surface area (Å²) in [6.45, 7) is 12.1. The Hall–Kier alpha value is -1.17. The van der Waals surface area contributed by atoms with Gasteiger partial charge < -0.3 is 20.0 Å². The maximum atomic E-state index is 5.53. The number of hydrogen-bond acceptors (Lipinski definition) is 1. The van der Waals surface area contributed by atoms with Crippen LogP contribution in [0.1, 0.15) is 30.9 Å². The summed E-state index contributed by atoms with van der Waals surface area (Å²) >= 11 is 5.53. The van der Waals surface area contributed by atoms with Crippen LogP contribution in [0, 0.1) is 0 Å². The van der Waals surface area contributed by atoms with Crippen molar-refractivity contribution >= 4 is 17.3 Å². The highest BCUT2D eigenvalue weighted by atomic mass is 32.1. The smallest absolute Gasteiger partial charge is 0.169 e. The van der Waals surface area contributed by atoms with Crippen molar-refractivity contribution in [3.63, 3.8) is 0 Å². The Bertz CT molecular complexity index is 505. The van der Waals surface area contributed by atoms with Crippen LogP contribution in [-0.2, 0) is 6.54 Å². The maximum absolute atomic E-state index is 5.53. The van der Waals surface area contributed by atoms with Crippen molar-refractivity contribution < 1.29 is 9.80 Å². The molecule has 1 saturated heterocycles. The third-order valence-electron chi connectivity index (χ3n) is 4.76. The Balaban J connectivity index is 1.73. The van der Waals surface area contributed by atoms with E-state index in [0.717, 1.165) is 50.9 Å². The van der Waals surface area contributed by atoms with Crippen LogP contribution < -0.4 is 15.1 Å². The van der Waals surface area contributed by atoms with Gasteiger partial charge in [-0.2, -0.15) is 0 Å². The lowest BCUT2D eigenvalue weighted by Gasteiger charge is -2.34. The Morgan fingerprint density at radius 2 is 1.83 bits per heavy atom. The van der Waals surface area contributed by atoms with Gasteiger partial charge in [-0.15, -0.1) is 0 Å². The molecular formula is C19H34N4S+2. The topological polar surface area (TPSA) is 24.2 Å². The van der Waals surface area contributed by atoms with Gasteiger partial charge in [0.15, 0.2) is 5.11 Å². The Morgan fingerprint density at radius 1 is 1.21 bits per heavy atom. The summed E-state index contributed by atoms with van der Waals surface area (Å²) in [5, 5.41) is 4.32. The molecule has 0 bridgehead atoms. The molecule has 1 heterocycles. The Morgan fingerprint density at radius 3 is 2.38 bits per heavy atom. The van der Waals surface area contributed by atoms with Crippen molar-refractivity contribution in [3.05, 3.63) is 35.4 Å². The van der Waals surface area contributed by atoms with Crippen LogP contribution >= 0.6 is 12.2 Å². The first kappa shape index (κ1) is 19.2. The fraction of sp³-hybridized carbons (Fsp3) is 0.632. The number of nitrogens with zero attached hydrogens (tertiary/aromatic N) is 1. The molecule has 3 N–H and O–H groups in total. The van der Waals surface area contributed by atoms with E-state index in [1.54, 1.807) is 4.90 Å². The van der Waals surface area contributed by atoms with E-state index in [2.05, 4.69) is 62.4 Å². The lowest BCUT2D eigenvalue weighted by Crippen LogP contribution is -3.13. The molecule has 4 nitrogen and oxygen atoms in total. The Labute approximate surface area is 152 Å². The van der Waals surface area contributed by atoms with E-state index >= 15 is 0 Å². The van der Waals surface area contributed by atoms with Gasteiger partial charge in [0.2, 0.25) is 0 Å². The third kappa shape index (κ3) is 6.04. The quantitative estimate of drug-likeness (QED) is 0.605. The highest BCUT2D eigenvalue weighted by molar-refractivity contribution is 7.80. The van der Waals surface area contributed by atoms with Crippen LogP contribution in [0.2, 0.25) is 0 Å². The summed E-state index contributed by atoms with van der Waals surface area (Å²) < 4.78 is 0. The van der Waals surface area contributed by atoms with Crippen LogP contribution in [0.4, 0.5) is 0 Å². The largest absolute Gasteiger partial charge is 0.357 e. The normalized spacial score (nSPS) is 16.0. The lowest BCUT2D eigenvalue weighted by molar-refractivity contribution is -0.917. The molecule has 0 unspecified atom stereocenters. The molecule has 1 fully saturated rings. The summed E-state index contributed by atoms with van der Waals surface area (Å²) in [5.74, 6) is 0.609. The lowest BCUT2D eigenvalue weighted by atomic mass is 10.0. The summed E-state index contributed by atoms with van der Waals surface area (Å²) in [6.07, 6.45) is 0. The van der Waals surface area contributed by atoms with Crippen molar-refractivity contribution in [1.29, 1.82) is 0 Å². The van der Waals surface area contributed by atoms with Gasteiger partial charge in [-0.1, -0.05) is 38.1 Å². The molecule has 1 aliphatic heterocycles. The minimum atomic E-state index is 0.609. The summed E-state index contributed by atoms with van der Waals surface area (Å²) in [6, 6.07) is 9.15. The maximum Gasteiger partial charge on any atom is 0.169 e. The molecular weight excluding hydrogens is 316 g/mol. The first-order valence-corrected chi connectivity index (χ1v) is 9.60. The second kappa shape index (κ2) is 9.35. The Kier molecular flexibility index (Phi) is 7.46. The van der Waals surface area contributed by atoms with Gasteiger partial charge in [0.05, 0.1) is 53.4 Å². The van der Waals surface area contributed by atoms with Crippen molar-refractivity contribution in [2.45, 2.75) is 26.3 Å². The minimum Gasteiger partial charge on any atom is -0.357 e. The molecule has 0 radical (unpaired) electrons. The first-order chi connectivity index (χ1) is 11.5. The second-order valence-electron chi connectivity index (χ2n) is 7.50. The van der Waals surface area contributed by atoms with Crippen molar-refractivity contribution in [2.24, 2.45) is 0 Å². The average molecular weight is 351 g/mol. The van der Waals surface area contributed by atoms with Gasteiger partial charge in [0, 0.05) is 5.56 Å². The van der Waals surface area contributed by atoms with Gasteiger partial charge in [-0.05, 0) is 23.7 Å². The average Bonchev–Trinajstić information content (AvgIpc) is 2.55. The zero-order valence-electron chi connectivity index (χ0n) is 15.7. The molecule has 1 aromatic rings. The molecule has 134 valence electrons. The predicted octanol–water partition coefficient (Wildman–Crippen LogP) is -0.470. The number of benzene rings is 1. The molecule has 5 heteroatoms. The number of piperazine rings is 1. The van der Waals surface area contributed by atoms with Crippen LogP contribution in [0.5, 0.6) is 0 Å². The van der Waals surface area contributed by atoms with Crippen LogP contribution in [0.25, 0.3) is 0 Å². The number of nitrogens with one attached hydrogen (secondary N) is 3. The van der Waals surface area contributed by atoms with Crippen LogP contribution in [0.3, 0.4) is 0 Å². The molecule has 0 aliphatic carbocycles. The zero-order chi connectivity index (χ0) is 17.5. The molecule has 24 heavy (non-hydrogen) atoms. The fourth-order valence-corrected chi connectivity index (χ4v) is 3.33. The van der Waals surface area contributed by atoms with E-state index in [1.165, 1.54) is 16.0 Å². The van der Waals surface area contributed by atoms with Gasteiger partial charge in [-0.25, -0.2) is 0 Å². The van der Waals surface area contributed by atoms with Crippen LogP contribution in [0.15, 0.2) is 24.3 Å². The summed E-state index contributed by atoms with van der Waals surface area (Å²) in [5.41, 5.74) is 2.87. The zero-order valence-corrected chi connectivity index (χ0v) is 16.5. The molecule has 0 spiro atoms. The standard InChI is InChI=1S/C19H32N4S/c1-16(2)18-7-5-17(6-8-18)15-22-11-13-23(14-12-22)19(24)20-9-10-21(3)4/h5-8,16H,9-15H2,1-4H3,(H,20,24)/p+2. The van der Waals surface area contributed by atoms with Gasteiger partial charge >= 0.3 is 0 Å². The van der Waals surface area contributed by atoms with E-state index in [4.69, 9.17) is 12.2 Å². The van der Waals surface area contributed by atoms with Gasteiger partial charge in [0.25, 0.3) is 0 Å². The number of quaternary nitrogens is 2. The molecule has 1 aromatic carbocycles. The number of likely N-dealkylation sites (N-methyl/N-ethyl adjacent to an activating group) is 1. The van der Waals surface area contributed by atoms with E-state index in [0.29, 0.717) is 5.92 Å². The molecule has 1 aliphatic rings. The highest BCUT2D eigenvalue weighted by Crippen LogP contribution is 2.14.